The first kappa shape index (κ1) is 13.6. The molecule has 0 N–H and O–H groups in total. The Bertz CT molecular complexity index is 665. The zero-order chi connectivity index (χ0) is 14.8. The number of methoxy groups -OCH3 is 1. The molecule has 0 radical (unpaired) electrons. The molecule has 1 aromatic heterocycles. The quantitative estimate of drug-likeness (QED) is 0.849. The third kappa shape index (κ3) is 2.61. The van der Waals surface area contributed by atoms with E-state index >= 15 is 0 Å². The summed E-state index contributed by atoms with van der Waals surface area (Å²) in [6.45, 7) is 0. The highest BCUT2D eigenvalue weighted by atomic mass is 16.5. The third-order valence-electron chi connectivity index (χ3n) is 3.79. The monoisotopic (exact) mass is 281 g/mol. The Morgan fingerprint density at radius 2 is 2.10 bits per heavy atom. The van der Waals surface area contributed by atoms with Gasteiger partial charge in [0.15, 0.2) is 0 Å². The van der Waals surface area contributed by atoms with Crippen LogP contribution < -0.4 is 4.74 Å². The first-order valence-electron chi connectivity index (χ1n) is 7.00. The van der Waals surface area contributed by atoms with Gasteiger partial charge in [0.2, 0.25) is 0 Å². The SMILES string of the molecule is COc1ccc2c(c1)CC(N(C)C)=NC2c1cccnc1. The van der Waals surface area contributed by atoms with Crippen LogP contribution in [0.1, 0.15) is 22.7 Å². The van der Waals surface area contributed by atoms with E-state index in [-0.39, 0.29) is 6.04 Å². The topological polar surface area (TPSA) is 37.7 Å². The normalized spacial score (nSPS) is 16.9. The van der Waals surface area contributed by atoms with Crippen molar-refractivity contribution in [3.8, 4) is 5.75 Å². The van der Waals surface area contributed by atoms with Crippen LogP contribution in [0.4, 0.5) is 0 Å². The van der Waals surface area contributed by atoms with Crippen molar-refractivity contribution in [3.63, 3.8) is 0 Å². The summed E-state index contributed by atoms with van der Waals surface area (Å²) in [5.74, 6) is 1.96. The number of hydrogen-bond donors (Lipinski definition) is 0. The van der Waals surface area contributed by atoms with Gasteiger partial charge >= 0.3 is 0 Å². The highest BCUT2D eigenvalue weighted by Crippen LogP contribution is 2.34. The Hall–Kier alpha value is -2.36. The van der Waals surface area contributed by atoms with Gasteiger partial charge in [0, 0.05) is 32.9 Å². The summed E-state index contributed by atoms with van der Waals surface area (Å²) in [5.41, 5.74) is 3.61. The van der Waals surface area contributed by atoms with Crippen molar-refractivity contribution in [2.75, 3.05) is 21.2 Å². The average molecular weight is 281 g/mol. The minimum absolute atomic E-state index is 0.00533. The van der Waals surface area contributed by atoms with Crippen LogP contribution in [0.25, 0.3) is 0 Å². The molecule has 4 heteroatoms. The maximum Gasteiger partial charge on any atom is 0.119 e. The van der Waals surface area contributed by atoms with E-state index in [0.29, 0.717) is 0 Å². The van der Waals surface area contributed by atoms with Crippen LogP contribution in [0.3, 0.4) is 0 Å². The second kappa shape index (κ2) is 5.56. The zero-order valence-corrected chi connectivity index (χ0v) is 12.6. The predicted molar refractivity (Wildman–Crippen MR) is 83.9 cm³/mol. The number of rotatable bonds is 2. The van der Waals surface area contributed by atoms with Gasteiger partial charge < -0.3 is 9.64 Å². The number of aromatic nitrogens is 1. The van der Waals surface area contributed by atoms with E-state index in [2.05, 4.69) is 28.1 Å². The Morgan fingerprint density at radius 3 is 2.76 bits per heavy atom. The number of benzene rings is 1. The van der Waals surface area contributed by atoms with Crippen molar-refractivity contribution in [1.82, 2.24) is 9.88 Å². The van der Waals surface area contributed by atoms with Crippen LogP contribution >= 0.6 is 0 Å². The molecule has 0 spiro atoms. The lowest BCUT2D eigenvalue weighted by Gasteiger charge is -2.27. The van der Waals surface area contributed by atoms with E-state index in [1.54, 1.807) is 13.3 Å². The summed E-state index contributed by atoms with van der Waals surface area (Å²) in [6.07, 6.45) is 4.51. The lowest BCUT2D eigenvalue weighted by molar-refractivity contribution is 0.414. The van der Waals surface area contributed by atoms with Gasteiger partial charge in [-0.05, 0) is 34.9 Å². The largest absolute Gasteiger partial charge is 0.497 e. The minimum atomic E-state index is 0.00533. The number of likely N-dealkylation sites (N-methyl/N-ethyl adjacent to an activating group) is 1. The van der Waals surface area contributed by atoms with Crippen molar-refractivity contribution in [1.29, 1.82) is 0 Å². The van der Waals surface area contributed by atoms with E-state index in [4.69, 9.17) is 9.73 Å². The first-order valence-corrected chi connectivity index (χ1v) is 7.00. The Labute approximate surface area is 125 Å². The average Bonchev–Trinajstić information content (AvgIpc) is 2.53. The molecule has 0 aliphatic carbocycles. The highest BCUT2D eigenvalue weighted by Gasteiger charge is 2.24. The summed E-state index contributed by atoms with van der Waals surface area (Å²) < 4.78 is 5.35. The summed E-state index contributed by atoms with van der Waals surface area (Å²) in [7, 11) is 5.76. The molecule has 0 fully saturated rings. The molecule has 3 rings (SSSR count). The molecule has 2 aromatic rings. The van der Waals surface area contributed by atoms with Crippen LogP contribution in [0.2, 0.25) is 0 Å². The van der Waals surface area contributed by atoms with Crippen LogP contribution in [0.15, 0.2) is 47.7 Å². The highest BCUT2D eigenvalue weighted by molar-refractivity contribution is 5.86. The molecule has 108 valence electrons. The fourth-order valence-electron chi connectivity index (χ4n) is 2.63. The van der Waals surface area contributed by atoms with Gasteiger partial charge in [0.05, 0.1) is 7.11 Å². The molecule has 0 saturated heterocycles. The van der Waals surface area contributed by atoms with Crippen LogP contribution in [0, 0.1) is 0 Å². The second-order valence-electron chi connectivity index (χ2n) is 5.37. The van der Waals surface area contributed by atoms with Crippen molar-refractivity contribution < 1.29 is 4.74 Å². The van der Waals surface area contributed by atoms with Crippen molar-refractivity contribution in [2.45, 2.75) is 12.5 Å². The van der Waals surface area contributed by atoms with E-state index in [1.165, 1.54) is 11.1 Å². The standard InChI is InChI=1S/C17H19N3O/c1-20(2)16-10-13-9-14(21-3)6-7-15(13)17(19-16)12-5-4-8-18-11-12/h4-9,11,17H,10H2,1-3H3. The molecule has 1 aliphatic heterocycles. The molecular formula is C17H19N3O. The Morgan fingerprint density at radius 1 is 1.24 bits per heavy atom. The first-order chi connectivity index (χ1) is 10.2. The maximum atomic E-state index is 5.35. The van der Waals surface area contributed by atoms with Crippen molar-refractivity contribution in [2.24, 2.45) is 4.99 Å². The third-order valence-corrected chi connectivity index (χ3v) is 3.79. The van der Waals surface area contributed by atoms with Gasteiger partial charge in [-0.15, -0.1) is 0 Å². The van der Waals surface area contributed by atoms with E-state index < -0.39 is 0 Å². The summed E-state index contributed by atoms with van der Waals surface area (Å²) >= 11 is 0. The number of nitrogens with zero attached hydrogens (tertiary/aromatic N) is 3. The van der Waals surface area contributed by atoms with Crippen LogP contribution in [0.5, 0.6) is 5.75 Å². The molecule has 1 aliphatic rings. The molecule has 2 heterocycles. The van der Waals surface area contributed by atoms with Gasteiger partial charge in [0.1, 0.15) is 17.6 Å². The zero-order valence-electron chi connectivity index (χ0n) is 12.6. The van der Waals surface area contributed by atoms with E-state index in [0.717, 1.165) is 23.6 Å². The van der Waals surface area contributed by atoms with Gasteiger partial charge in [-0.1, -0.05) is 12.1 Å². The Kier molecular flexibility index (Phi) is 3.60. The lowest BCUT2D eigenvalue weighted by Crippen LogP contribution is -2.28. The molecule has 0 bridgehead atoms. The van der Waals surface area contributed by atoms with Crippen LogP contribution in [-0.2, 0) is 6.42 Å². The fourth-order valence-corrected chi connectivity index (χ4v) is 2.63. The molecule has 4 nitrogen and oxygen atoms in total. The number of pyridine rings is 1. The Balaban J connectivity index is 2.10. The smallest absolute Gasteiger partial charge is 0.119 e. The van der Waals surface area contributed by atoms with E-state index in [1.807, 2.05) is 32.4 Å². The summed E-state index contributed by atoms with van der Waals surface area (Å²) in [5, 5.41) is 0. The maximum absolute atomic E-state index is 5.35. The molecule has 1 atom stereocenters. The lowest BCUT2D eigenvalue weighted by atomic mass is 9.91. The predicted octanol–water partition coefficient (Wildman–Crippen LogP) is 2.70. The molecule has 1 unspecified atom stereocenters. The minimum Gasteiger partial charge on any atom is -0.497 e. The number of amidine groups is 1. The molecule has 0 amide bonds. The second-order valence-corrected chi connectivity index (χ2v) is 5.37. The number of hydrogen-bond acceptors (Lipinski definition) is 4. The summed E-state index contributed by atoms with van der Waals surface area (Å²) in [4.78, 5) is 11.2. The number of aliphatic imine (C=N–C) groups is 1. The molecule has 1 aromatic carbocycles. The number of ether oxygens (including phenoxy) is 1. The van der Waals surface area contributed by atoms with Gasteiger partial charge in [0.25, 0.3) is 0 Å². The molecule has 21 heavy (non-hydrogen) atoms. The summed E-state index contributed by atoms with van der Waals surface area (Å²) in [6, 6.07) is 10.3. The van der Waals surface area contributed by atoms with Gasteiger partial charge in [-0.25, -0.2) is 0 Å². The van der Waals surface area contributed by atoms with Crippen LogP contribution in [-0.4, -0.2) is 36.9 Å². The van der Waals surface area contributed by atoms with E-state index in [9.17, 15) is 0 Å². The fraction of sp³-hybridized carbons (Fsp3) is 0.294. The molecule has 0 saturated carbocycles. The van der Waals surface area contributed by atoms with Gasteiger partial charge in [-0.2, -0.15) is 0 Å². The van der Waals surface area contributed by atoms with Crippen molar-refractivity contribution in [3.05, 3.63) is 59.4 Å². The van der Waals surface area contributed by atoms with Crippen molar-refractivity contribution >= 4 is 5.84 Å². The molecular weight excluding hydrogens is 262 g/mol. The number of fused-ring (bicyclic) bond motifs is 1. The van der Waals surface area contributed by atoms with Gasteiger partial charge in [-0.3, -0.25) is 9.98 Å².